The maximum Gasteiger partial charge on any atom is 0.181 e. The van der Waals surface area contributed by atoms with Gasteiger partial charge in [-0.25, -0.2) is 4.98 Å². The van der Waals surface area contributed by atoms with Crippen LogP contribution in [0, 0.1) is 6.92 Å². The van der Waals surface area contributed by atoms with Gasteiger partial charge in [0.05, 0.1) is 0 Å². The SMILES string of the molecule is CNCCc1nc(-c2ccc(C)cc2)nn1C. The summed E-state index contributed by atoms with van der Waals surface area (Å²) in [4.78, 5) is 4.56. The van der Waals surface area contributed by atoms with Crippen molar-refractivity contribution < 1.29 is 0 Å². The van der Waals surface area contributed by atoms with Crippen LogP contribution in [0.4, 0.5) is 0 Å². The molecule has 2 rings (SSSR count). The summed E-state index contributed by atoms with van der Waals surface area (Å²) >= 11 is 0. The van der Waals surface area contributed by atoms with Crippen LogP contribution in [0.15, 0.2) is 24.3 Å². The van der Waals surface area contributed by atoms with E-state index in [-0.39, 0.29) is 0 Å². The number of nitrogens with zero attached hydrogens (tertiary/aromatic N) is 3. The first-order chi connectivity index (χ1) is 8.20. The van der Waals surface area contributed by atoms with E-state index in [1.807, 2.05) is 18.8 Å². The molecule has 0 saturated carbocycles. The first-order valence-electron chi connectivity index (χ1n) is 5.82. The zero-order chi connectivity index (χ0) is 12.3. The average Bonchev–Trinajstić information content (AvgIpc) is 2.69. The molecular formula is C13H18N4. The van der Waals surface area contributed by atoms with E-state index in [1.165, 1.54) is 5.56 Å². The van der Waals surface area contributed by atoms with E-state index in [0.29, 0.717) is 0 Å². The molecule has 1 aromatic heterocycles. The molecule has 0 fully saturated rings. The third kappa shape index (κ3) is 2.71. The summed E-state index contributed by atoms with van der Waals surface area (Å²) in [6, 6.07) is 8.29. The van der Waals surface area contributed by atoms with E-state index in [0.717, 1.165) is 30.2 Å². The van der Waals surface area contributed by atoms with Crippen molar-refractivity contribution in [3.05, 3.63) is 35.7 Å². The topological polar surface area (TPSA) is 42.7 Å². The van der Waals surface area contributed by atoms with Gasteiger partial charge in [0.2, 0.25) is 0 Å². The van der Waals surface area contributed by atoms with Gasteiger partial charge in [0.15, 0.2) is 5.82 Å². The smallest absolute Gasteiger partial charge is 0.181 e. The molecule has 4 nitrogen and oxygen atoms in total. The van der Waals surface area contributed by atoms with Gasteiger partial charge in [-0.2, -0.15) is 5.10 Å². The lowest BCUT2D eigenvalue weighted by atomic mass is 10.1. The summed E-state index contributed by atoms with van der Waals surface area (Å²) in [6.07, 6.45) is 0.895. The molecular weight excluding hydrogens is 212 g/mol. The Morgan fingerprint density at radius 1 is 1.24 bits per heavy atom. The molecule has 0 aliphatic heterocycles. The summed E-state index contributed by atoms with van der Waals surface area (Å²) in [5, 5.41) is 7.56. The van der Waals surface area contributed by atoms with E-state index in [2.05, 4.69) is 46.6 Å². The molecule has 1 N–H and O–H groups in total. The highest BCUT2D eigenvalue weighted by Gasteiger charge is 2.08. The molecule has 0 spiro atoms. The Morgan fingerprint density at radius 3 is 2.59 bits per heavy atom. The Morgan fingerprint density at radius 2 is 1.94 bits per heavy atom. The fourth-order valence-electron chi connectivity index (χ4n) is 1.70. The summed E-state index contributed by atoms with van der Waals surface area (Å²) in [6.45, 7) is 2.99. The number of likely N-dealkylation sites (N-methyl/N-ethyl adjacent to an activating group) is 1. The molecule has 1 aromatic carbocycles. The van der Waals surface area contributed by atoms with Crippen molar-refractivity contribution in [3.63, 3.8) is 0 Å². The highest BCUT2D eigenvalue weighted by molar-refractivity contribution is 5.54. The second-order valence-corrected chi connectivity index (χ2v) is 4.19. The van der Waals surface area contributed by atoms with Crippen LogP contribution in [0.2, 0.25) is 0 Å². The van der Waals surface area contributed by atoms with Gasteiger partial charge in [-0.1, -0.05) is 29.8 Å². The lowest BCUT2D eigenvalue weighted by Crippen LogP contribution is -2.13. The maximum atomic E-state index is 4.56. The Hall–Kier alpha value is -1.68. The standard InChI is InChI=1S/C13H18N4/c1-10-4-6-11(7-5-10)13-15-12(8-9-14-2)17(3)16-13/h4-7,14H,8-9H2,1-3H3. The van der Waals surface area contributed by atoms with Gasteiger partial charge in [0, 0.05) is 25.6 Å². The van der Waals surface area contributed by atoms with Crippen molar-refractivity contribution in [2.24, 2.45) is 7.05 Å². The third-order valence-corrected chi connectivity index (χ3v) is 2.76. The average molecular weight is 230 g/mol. The van der Waals surface area contributed by atoms with Gasteiger partial charge in [-0.05, 0) is 14.0 Å². The van der Waals surface area contributed by atoms with Crippen LogP contribution in [-0.4, -0.2) is 28.4 Å². The van der Waals surface area contributed by atoms with Gasteiger partial charge in [-0.15, -0.1) is 0 Å². The third-order valence-electron chi connectivity index (χ3n) is 2.76. The van der Waals surface area contributed by atoms with Crippen molar-refractivity contribution in [1.29, 1.82) is 0 Å². The van der Waals surface area contributed by atoms with E-state index in [1.54, 1.807) is 0 Å². The predicted octanol–water partition coefficient (Wildman–Crippen LogP) is 1.55. The molecule has 0 radical (unpaired) electrons. The number of hydrogen-bond acceptors (Lipinski definition) is 3. The van der Waals surface area contributed by atoms with Gasteiger partial charge >= 0.3 is 0 Å². The van der Waals surface area contributed by atoms with Crippen molar-refractivity contribution in [2.45, 2.75) is 13.3 Å². The van der Waals surface area contributed by atoms with Crippen LogP contribution in [-0.2, 0) is 13.5 Å². The molecule has 0 aliphatic carbocycles. The fraction of sp³-hybridized carbons (Fsp3) is 0.385. The Bertz CT molecular complexity index is 485. The molecule has 0 atom stereocenters. The number of aromatic nitrogens is 3. The van der Waals surface area contributed by atoms with Crippen LogP contribution in [0.1, 0.15) is 11.4 Å². The minimum atomic E-state index is 0.804. The molecule has 0 amide bonds. The molecule has 90 valence electrons. The summed E-state index contributed by atoms with van der Waals surface area (Å²) in [5.41, 5.74) is 2.32. The van der Waals surface area contributed by atoms with Crippen LogP contribution in [0.25, 0.3) is 11.4 Å². The Balaban J connectivity index is 2.24. The molecule has 0 saturated heterocycles. The largest absolute Gasteiger partial charge is 0.319 e. The van der Waals surface area contributed by atoms with E-state index < -0.39 is 0 Å². The molecule has 0 aliphatic rings. The van der Waals surface area contributed by atoms with Crippen molar-refractivity contribution >= 4 is 0 Å². The monoisotopic (exact) mass is 230 g/mol. The Labute approximate surface area is 102 Å². The van der Waals surface area contributed by atoms with Crippen LogP contribution < -0.4 is 5.32 Å². The zero-order valence-electron chi connectivity index (χ0n) is 10.6. The van der Waals surface area contributed by atoms with E-state index >= 15 is 0 Å². The van der Waals surface area contributed by atoms with Crippen molar-refractivity contribution in [2.75, 3.05) is 13.6 Å². The lowest BCUT2D eigenvalue weighted by Gasteiger charge is -1.97. The second kappa shape index (κ2) is 5.10. The quantitative estimate of drug-likeness (QED) is 0.866. The predicted molar refractivity (Wildman–Crippen MR) is 68.8 cm³/mol. The minimum absolute atomic E-state index is 0.804. The minimum Gasteiger partial charge on any atom is -0.319 e. The zero-order valence-corrected chi connectivity index (χ0v) is 10.6. The lowest BCUT2D eigenvalue weighted by molar-refractivity contribution is 0.671. The highest BCUT2D eigenvalue weighted by Crippen LogP contribution is 2.16. The van der Waals surface area contributed by atoms with Gasteiger partial charge in [0.25, 0.3) is 0 Å². The van der Waals surface area contributed by atoms with Crippen molar-refractivity contribution in [1.82, 2.24) is 20.1 Å². The molecule has 17 heavy (non-hydrogen) atoms. The summed E-state index contributed by atoms with van der Waals surface area (Å²) < 4.78 is 1.85. The number of benzene rings is 1. The molecule has 4 heteroatoms. The normalized spacial score (nSPS) is 10.8. The molecule has 1 heterocycles. The summed E-state index contributed by atoms with van der Waals surface area (Å²) in [7, 11) is 3.88. The number of rotatable bonds is 4. The van der Waals surface area contributed by atoms with Gasteiger partial charge in [-0.3, -0.25) is 4.68 Å². The molecule has 2 aromatic rings. The second-order valence-electron chi connectivity index (χ2n) is 4.19. The van der Waals surface area contributed by atoms with Crippen molar-refractivity contribution in [3.8, 4) is 11.4 Å². The number of hydrogen-bond donors (Lipinski definition) is 1. The van der Waals surface area contributed by atoms with Crippen LogP contribution >= 0.6 is 0 Å². The van der Waals surface area contributed by atoms with E-state index in [4.69, 9.17) is 0 Å². The Kier molecular flexibility index (Phi) is 3.54. The molecule has 0 bridgehead atoms. The first-order valence-corrected chi connectivity index (χ1v) is 5.82. The first kappa shape index (κ1) is 11.8. The molecule has 0 unspecified atom stereocenters. The fourth-order valence-corrected chi connectivity index (χ4v) is 1.70. The number of aryl methyl sites for hydroxylation is 2. The van der Waals surface area contributed by atoms with Gasteiger partial charge in [0.1, 0.15) is 5.82 Å². The maximum absolute atomic E-state index is 4.56. The summed E-state index contributed by atoms with van der Waals surface area (Å²) in [5.74, 6) is 1.81. The van der Waals surface area contributed by atoms with Gasteiger partial charge < -0.3 is 5.32 Å². The van der Waals surface area contributed by atoms with Crippen LogP contribution in [0.5, 0.6) is 0 Å². The van der Waals surface area contributed by atoms with Crippen LogP contribution in [0.3, 0.4) is 0 Å². The van der Waals surface area contributed by atoms with E-state index in [9.17, 15) is 0 Å². The highest BCUT2D eigenvalue weighted by atomic mass is 15.3. The number of nitrogens with one attached hydrogen (secondary N) is 1.